The van der Waals surface area contributed by atoms with Gasteiger partial charge in [0.25, 0.3) is 0 Å². The van der Waals surface area contributed by atoms with Crippen LogP contribution < -0.4 is 18.9 Å². The lowest BCUT2D eigenvalue weighted by Crippen LogP contribution is -2.23. The van der Waals surface area contributed by atoms with Gasteiger partial charge >= 0.3 is 0 Å². The Labute approximate surface area is 165 Å². The second-order valence-corrected chi connectivity index (χ2v) is 7.88. The van der Waals surface area contributed by atoms with Gasteiger partial charge in [-0.1, -0.05) is 18.2 Å². The zero-order valence-electron chi connectivity index (χ0n) is 16.1. The molecular formula is C21H23NO5S. The van der Waals surface area contributed by atoms with Crippen LogP contribution in [0.4, 0.5) is 0 Å². The summed E-state index contributed by atoms with van der Waals surface area (Å²) in [7, 11) is -0.497. The quantitative estimate of drug-likeness (QED) is 0.623. The van der Waals surface area contributed by atoms with Gasteiger partial charge in [-0.05, 0) is 59.7 Å². The minimum atomic E-state index is -3.66. The van der Waals surface area contributed by atoms with E-state index in [9.17, 15) is 8.42 Å². The molecule has 1 N–H and O–H groups in total. The number of nitrogens with one attached hydrogen (secondary N) is 1. The van der Waals surface area contributed by atoms with Crippen LogP contribution >= 0.6 is 0 Å². The lowest BCUT2D eigenvalue weighted by molar-refractivity contribution is 0.310. The van der Waals surface area contributed by atoms with Gasteiger partial charge in [-0.25, -0.2) is 13.1 Å². The van der Waals surface area contributed by atoms with Gasteiger partial charge in [0.15, 0.2) is 11.5 Å². The molecule has 7 heteroatoms. The molecule has 0 heterocycles. The minimum absolute atomic E-state index is 0.146. The largest absolute Gasteiger partial charge is 0.497 e. The Balaban J connectivity index is 1.80. The van der Waals surface area contributed by atoms with Crippen LogP contribution in [0.15, 0.2) is 59.5 Å². The second-order valence-electron chi connectivity index (χ2n) is 6.12. The van der Waals surface area contributed by atoms with Crippen molar-refractivity contribution < 1.29 is 22.6 Å². The Morgan fingerprint density at radius 1 is 0.857 bits per heavy atom. The normalized spacial score (nSPS) is 11.4. The van der Waals surface area contributed by atoms with E-state index in [1.54, 1.807) is 56.7 Å². The fourth-order valence-electron chi connectivity index (χ4n) is 2.86. The Kier molecular flexibility index (Phi) is 6.06. The monoisotopic (exact) mass is 401 g/mol. The number of ether oxygens (including phenoxy) is 3. The highest BCUT2D eigenvalue weighted by Crippen LogP contribution is 2.28. The van der Waals surface area contributed by atoms with Crippen LogP contribution in [-0.2, 0) is 16.6 Å². The van der Waals surface area contributed by atoms with Gasteiger partial charge in [-0.15, -0.1) is 0 Å². The predicted molar refractivity (Wildman–Crippen MR) is 109 cm³/mol. The summed E-state index contributed by atoms with van der Waals surface area (Å²) in [5, 5.41) is 1.74. The van der Waals surface area contributed by atoms with Gasteiger partial charge in [0, 0.05) is 6.54 Å². The first-order valence-electron chi connectivity index (χ1n) is 8.84. The van der Waals surface area contributed by atoms with Gasteiger partial charge in [0.05, 0.1) is 25.7 Å². The molecule has 0 aromatic heterocycles. The first-order valence-corrected chi connectivity index (χ1v) is 10.3. The summed E-state index contributed by atoms with van der Waals surface area (Å²) in [5.74, 6) is 1.92. The summed E-state index contributed by atoms with van der Waals surface area (Å²) in [6.45, 7) is 2.52. The minimum Gasteiger partial charge on any atom is -0.497 e. The average molecular weight is 401 g/mol. The Bertz CT molecular complexity index is 1080. The Morgan fingerprint density at radius 3 is 2.32 bits per heavy atom. The van der Waals surface area contributed by atoms with Gasteiger partial charge in [-0.3, -0.25) is 0 Å². The van der Waals surface area contributed by atoms with E-state index in [1.165, 1.54) is 0 Å². The number of sulfonamides is 1. The van der Waals surface area contributed by atoms with Crippen molar-refractivity contribution in [3.63, 3.8) is 0 Å². The molecule has 0 aliphatic carbocycles. The third-order valence-electron chi connectivity index (χ3n) is 4.32. The van der Waals surface area contributed by atoms with Crippen LogP contribution in [0.25, 0.3) is 10.8 Å². The maximum Gasteiger partial charge on any atom is 0.240 e. The van der Waals surface area contributed by atoms with E-state index in [4.69, 9.17) is 14.2 Å². The first kappa shape index (κ1) is 20.0. The second kappa shape index (κ2) is 8.50. The molecule has 3 aromatic rings. The molecule has 28 heavy (non-hydrogen) atoms. The van der Waals surface area contributed by atoms with Crippen LogP contribution in [0, 0.1) is 0 Å². The number of benzene rings is 3. The van der Waals surface area contributed by atoms with Crippen LogP contribution in [0.2, 0.25) is 0 Å². The van der Waals surface area contributed by atoms with Crippen LogP contribution in [0.1, 0.15) is 12.5 Å². The van der Waals surface area contributed by atoms with E-state index in [1.807, 2.05) is 19.1 Å². The molecule has 0 radical (unpaired) electrons. The summed E-state index contributed by atoms with van der Waals surface area (Å²) in [4.78, 5) is 0.212. The fraction of sp³-hybridized carbons (Fsp3) is 0.238. The van der Waals surface area contributed by atoms with E-state index >= 15 is 0 Å². The topological polar surface area (TPSA) is 73.9 Å². The standard InChI is InChI=1S/C21H23NO5S/c1-4-27-21-11-15(5-10-20(21)26-3)14-22-28(23,24)19-9-7-16-12-18(25-2)8-6-17(16)13-19/h5-13,22H,4,14H2,1-3H3. The maximum atomic E-state index is 12.7. The van der Waals surface area contributed by atoms with Crippen molar-refractivity contribution in [2.24, 2.45) is 0 Å². The molecule has 0 unspecified atom stereocenters. The number of fused-ring (bicyclic) bond motifs is 1. The summed E-state index contributed by atoms with van der Waals surface area (Å²) in [5.41, 5.74) is 0.776. The molecule has 6 nitrogen and oxygen atoms in total. The molecule has 3 aromatic carbocycles. The zero-order chi connectivity index (χ0) is 20.1. The molecule has 0 fully saturated rings. The molecule has 0 saturated carbocycles. The smallest absolute Gasteiger partial charge is 0.240 e. The zero-order valence-corrected chi connectivity index (χ0v) is 16.9. The maximum absolute atomic E-state index is 12.7. The molecule has 0 bridgehead atoms. The van der Waals surface area contributed by atoms with Crippen molar-refractivity contribution in [3.8, 4) is 17.2 Å². The molecule has 0 amide bonds. The highest BCUT2D eigenvalue weighted by Gasteiger charge is 2.15. The van der Waals surface area contributed by atoms with E-state index in [2.05, 4.69) is 4.72 Å². The van der Waals surface area contributed by atoms with E-state index < -0.39 is 10.0 Å². The van der Waals surface area contributed by atoms with Crippen LogP contribution in [0.5, 0.6) is 17.2 Å². The average Bonchev–Trinajstić information content (AvgIpc) is 2.72. The van der Waals surface area contributed by atoms with E-state index in [0.717, 1.165) is 22.1 Å². The molecular weight excluding hydrogens is 378 g/mol. The lowest BCUT2D eigenvalue weighted by atomic mass is 10.1. The lowest BCUT2D eigenvalue weighted by Gasteiger charge is -2.12. The molecule has 148 valence electrons. The molecule has 0 spiro atoms. The molecule has 0 saturated heterocycles. The molecule has 0 aliphatic heterocycles. The summed E-state index contributed by atoms with van der Waals surface area (Å²) in [6, 6.07) is 15.9. The summed E-state index contributed by atoms with van der Waals surface area (Å²) in [6.07, 6.45) is 0. The van der Waals surface area contributed by atoms with Crippen LogP contribution in [0.3, 0.4) is 0 Å². The highest BCUT2D eigenvalue weighted by molar-refractivity contribution is 7.89. The van der Waals surface area contributed by atoms with Gasteiger partial charge < -0.3 is 14.2 Å². The Morgan fingerprint density at radius 2 is 1.61 bits per heavy atom. The molecule has 0 atom stereocenters. The van der Waals surface area contributed by atoms with Crippen molar-refractivity contribution in [2.75, 3.05) is 20.8 Å². The van der Waals surface area contributed by atoms with E-state index in [-0.39, 0.29) is 11.4 Å². The molecule has 3 rings (SSSR count). The number of methoxy groups -OCH3 is 2. The van der Waals surface area contributed by atoms with Crippen molar-refractivity contribution in [2.45, 2.75) is 18.4 Å². The van der Waals surface area contributed by atoms with Gasteiger partial charge in [0.1, 0.15) is 5.75 Å². The summed E-state index contributed by atoms with van der Waals surface area (Å²) < 4.78 is 44.1. The van der Waals surface area contributed by atoms with Gasteiger partial charge in [0.2, 0.25) is 10.0 Å². The number of rotatable bonds is 8. The van der Waals surface area contributed by atoms with E-state index in [0.29, 0.717) is 18.1 Å². The Hall–Kier alpha value is -2.77. The SMILES string of the molecule is CCOc1cc(CNS(=O)(=O)c2ccc3cc(OC)ccc3c2)ccc1OC. The van der Waals surface area contributed by atoms with Crippen molar-refractivity contribution in [1.29, 1.82) is 0 Å². The third kappa shape index (κ3) is 4.37. The third-order valence-corrected chi connectivity index (χ3v) is 5.72. The molecule has 0 aliphatic rings. The van der Waals surface area contributed by atoms with Gasteiger partial charge in [-0.2, -0.15) is 0 Å². The first-order chi connectivity index (χ1) is 13.5. The van der Waals surface area contributed by atoms with Crippen molar-refractivity contribution >= 4 is 20.8 Å². The van der Waals surface area contributed by atoms with Crippen molar-refractivity contribution in [3.05, 3.63) is 60.2 Å². The summed E-state index contributed by atoms with van der Waals surface area (Å²) >= 11 is 0. The van der Waals surface area contributed by atoms with Crippen molar-refractivity contribution in [1.82, 2.24) is 4.72 Å². The predicted octanol–water partition coefficient (Wildman–Crippen LogP) is 3.73. The number of hydrogen-bond donors (Lipinski definition) is 1. The van der Waals surface area contributed by atoms with Crippen LogP contribution in [-0.4, -0.2) is 29.2 Å². The number of hydrogen-bond acceptors (Lipinski definition) is 5. The fourth-order valence-corrected chi connectivity index (χ4v) is 3.91. The highest BCUT2D eigenvalue weighted by atomic mass is 32.2.